The summed E-state index contributed by atoms with van der Waals surface area (Å²) in [6.07, 6.45) is 0.131. The quantitative estimate of drug-likeness (QED) is 0.887. The van der Waals surface area contributed by atoms with Crippen molar-refractivity contribution in [3.63, 3.8) is 0 Å². The fourth-order valence-corrected chi connectivity index (χ4v) is 2.87. The molecular formula is C17H15ClN2O2. The van der Waals surface area contributed by atoms with E-state index in [9.17, 15) is 9.59 Å². The van der Waals surface area contributed by atoms with Crippen LogP contribution in [-0.4, -0.2) is 11.8 Å². The Labute approximate surface area is 133 Å². The average molecular weight is 315 g/mol. The molecule has 0 radical (unpaired) electrons. The van der Waals surface area contributed by atoms with Gasteiger partial charge in [0.15, 0.2) is 0 Å². The van der Waals surface area contributed by atoms with Crippen LogP contribution in [0.3, 0.4) is 0 Å². The molecule has 5 heteroatoms. The monoisotopic (exact) mass is 314 g/mol. The molecule has 0 saturated carbocycles. The van der Waals surface area contributed by atoms with E-state index < -0.39 is 5.92 Å². The number of para-hydroxylation sites is 1. The van der Waals surface area contributed by atoms with E-state index in [0.717, 1.165) is 11.1 Å². The van der Waals surface area contributed by atoms with Crippen LogP contribution in [0.1, 0.15) is 23.5 Å². The van der Waals surface area contributed by atoms with Crippen LogP contribution in [-0.2, 0) is 9.59 Å². The largest absolute Gasteiger partial charge is 0.326 e. The van der Waals surface area contributed by atoms with Crippen molar-refractivity contribution in [3.8, 4) is 0 Å². The zero-order valence-corrected chi connectivity index (χ0v) is 12.8. The van der Waals surface area contributed by atoms with E-state index in [1.165, 1.54) is 0 Å². The van der Waals surface area contributed by atoms with E-state index in [4.69, 9.17) is 11.6 Å². The molecule has 1 aliphatic heterocycles. The van der Waals surface area contributed by atoms with Crippen molar-refractivity contribution < 1.29 is 9.59 Å². The number of nitrogens with one attached hydrogen (secondary N) is 2. The lowest BCUT2D eigenvalue weighted by atomic mass is 9.90. The number of benzene rings is 2. The van der Waals surface area contributed by atoms with Crippen LogP contribution in [0.2, 0.25) is 5.02 Å². The van der Waals surface area contributed by atoms with Crippen molar-refractivity contribution in [2.75, 3.05) is 10.6 Å². The first-order valence-electron chi connectivity index (χ1n) is 7.00. The number of amides is 2. The van der Waals surface area contributed by atoms with Gasteiger partial charge in [0.25, 0.3) is 0 Å². The minimum Gasteiger partial charge on any atom is -0.326 e. The summed E-state index contributed by atoms with van der Waals surface area (Å²) in [5.74, 6) is -0.899. The lowest BCUT2D eigenvalue weighted by Gasteiger charge is -2.25. The van der Waals surface area contributed by atoms with E-state index in [2.05, 4.69) is 10.6 Å². The molecule has 4 nitrogen and oxygen atoms in total. The molecule has 1 heterocycles. The second-order valence-electron chi connectivity index (χ2n) is 5.36. The number of carbonyl (C=O) groups is 2. The Balaban J connectivity index is 1.88. The molecular weight excluding hydrogens is 300 g/mol. The minimum absolute atomic E-state index is 0.131. The number of hydrogen-bond acceptors (Lipinski definition) is 2. The van der Waals surface area contributed by atoms with Gasteiger partial charge >= 0.3 is 0 Å². The Hall–Kier alpha value is -2.33. The number of carbonyl (C=O) groups excluding carboxylic acids is 2. The number of halogens is 1. The zero-order chi connectivity index (χ0) is 15.7. The molecule has 0 aliphatic carbocycles. The molecule has 1 aliphatic rings. The van der Waals surface area contributed by atoms with Crippen LogP contribution in [0.25, 0.3) is 0 Å². The normalized spacial score (nSPS) is 16.6. The van der Waals surface area contributed by atoms with Crippen LogP contribution in [0.5, 0.6) is 0 Å². The maximum Gasteiger partial charge on any atom is 0.232 e. The van der Waals surface area contributed by atoms with Crippen molar-refractivity contribution in [1.29, 1.82) is 0 Å². The van der Waals surface area contributed by atoms with Crippen LogP contribution >= 0.6 is 11.6 Å². The van der Waals surface area contributed by atoms with Gasteiger partial charge in [0.2, 0.25) is 11.8 Å². The maximum absolute atomic E-state index is 12.6. The second-order valence-corrected chi connectivity index (χ2v) is 5.77. The summed E-state index contributed by atoms with van der Waals surface area (Å²) in [5, 5.41) is 6.09. The van der Waals surface area contributed by atoms with Gasteiger partial charge < -0.3 is 10.6 Å². The van der Waals surface area contributed by atoms with Crippen molar-refractivity contribution in [2.24, 2.45) is 0 Å². The van der Waals surface area contributed by atoms with Gasteiger partial charge in [-0.15, -0.1) is 0 Å². The fraction of sp³-hybridized carbons (Fsp3) is 0.176. The first kappa shape index (κ1) is 14.6. The van der Waals surface area contributed by atoms with Gasteiger partial charge in [-0.2, -0.15) is 0 Å². The van der Waals surface area contributed by atoms with Crippen molar-refractivity contribution in [1.82, 2.24) is 0 Å². The SMILES string of the molecule is Cc1ccc(NC(=O)C2CC(=O)Nc3ccccc32)c(Cl)c1. The summed E-state index contributed by atoms with van der Waals surface area (Å²) in [6.45, 7) is 1.93. The topological polar surface area (TPSA) is 58.2 Å². The number of rotatable bonds is 2. The Morgan fingerprint density at radius 2 is 2.05 bits per heavy atom. The Bertz CT molecular complexity index is 758. The van der Waals surface area contributed by atoms with E-state index in [0.29, 0.717) is 16.4 Å². The van der Waals surface area contributed by atoms with Gasteiger partial charge in [-0.05, 0) is 36.2 Å². The number of aryl methyl sites for hydroxylation is 1. The highest BCUT2D eigenvalue weighted by atomic mass is 35.5. The Morgan fingerprint density at radius 1 is 1.27 bits per heavy atom. The lowest BCUT2D eigenvalue weighted by Crippen LogP contribution is -2.30. The van der Waals surface area contributed by atoms with Gasteiger partial charge in [-0.3, -0.25) is 9.59 Å². The third-order valence-corrected chi connectivity index (χ3v) is 4.01. The molecule has 1 atom stereocenters. The molecule has 2 N–H and O–H groups in total. The Morgan fingerprint density at radius 3 is 2.82 bits per heavy atom. The summed E-state index contributed by atoms with van der Waals surface area (Å²) in [5.41, 5.74) is 3.09. The fourth-order valence-electron chi connectivity index (χ4n) is 2.59. The molecule has 112 valence electrons. The van der Waals surface area contributed by atoms with Crippen LogP contribution in [0.15, 0.2) is 42.5 Å². The molecule has 2 aromatic rings. The van der Waals surface area contributed by atoms with Crippen molar-refractivity contribution in [2.45, 2.75) is 19.3 Å². The van der Waals surface area contributed by atoms with Gasteiger partial charge in [0.05, 0.1) is 16.6 Å². The highest BCUT2D eigenvalue weighted by Crippen LogP contribution is 2.33. The third-order valence-electron chi connectivity index (χ3n) is 3.70. The summed E-state index contributed by atoms with van der Waals surface area (Å²) in [6, 6.07) is 12.8. The van der Waals surface area contributed by atoms with Gasteiger partial charge in [0.1, 0.15) is 0 Å². The van der Waals surface area contributed by atoms with Crippen LogP contribution in [0, 0.1) is 6.92 Å². The lowest BCUT2D eigenvalue weighted by molar-refractivity contribution is -0.123. The van der Waals surface area contributed by atoms with Crippen molar-refractivity contribution >= 4 is 34.8 Å². The molecule has 1 unspecified atom stereocenters. The van der Waals surface area contributed by atoms with Gasteiger partial charge in [-0.25, -0.2) is 0 Å². The van der Waals surface area contributed by atoms with Crippen molar-refractivity contribution in [3.05, 3.63) is 58.6 Å². The predicted molar refractivity (Wildman–Crippen MR) is 87.2 cm³/mol. The average Bonchev–Trinajstić information content (AvgIpc) is 2.49. The summed E-state index contributed by atoms with van der Waals surface area (Å²) in [7, 11) is 0. The van der Waals surface area contributed by atoms with Gasteiger partial charge in [-0.1, -0.05) is 35.9 Å². The van der Waals surface area contributed by atoms with E-state index in [-0.39, 0.29) is 18.2 Å². The maximum atomic E-state index is 12.6. The van der Waals surface area contributed by atoms with E-state index in [1.54, 1.807) is 18.2 Å². The first-order chi connectivity index (χ1) is 10.5. The highest BCUT2D eigenvalue weighted by molar-refractivity contribution is 6.33. The van der Waals surface area contributed by atoms with E-state index >= 15 is 0 Å². The molecule has 2 amide bonds. The van der Waals surface area contributed by atoms with Crippen LogP contribution < -0.4 is 10.6 Å². The number of anilines is 2. The van der Waals surface area contributed by atoms with Gasteiger partial charge in [0, 0.05) is 12.1 Å². The summed E-state index contributed by atoms with van der Waals surface area (Å²) >= 11 is 6.15. The molecule has 0 saturated heterocycles. The molecule has 22 heavy (non-hydrogen) atoms. The van der Waals surface area contributed by atoms with E-state index in [1.807, 2.05) is 31.2 Å². The molecule has 0 aromatic heterocycles. The summed E-state index contributed by atoms with van der Waals surface area (Å²) in [4.78, 5) is 24.4. The molecule has 0 bridgehead atoms. The third kappa shape index (κ3) is 2.83. The molecule has 2 aromatic carbocycles. The molecule has 3 rings (SSSR count). The minimum atomic E-state index is -0.512. The predicted octanol–water partition coefficient (Wildman–Crippen LogP) is 3.71. The first-order valence-corrected chi connectivity index (χ1v) is 7.38. The second kappa shape index (κ2) is 5.81. The standard InChI is InChI=1S/C17H15ClN2O2/c1-10-6-7-15(13(18)8-10)20-17(22)12-9-16(21)19-14-5-3-2-4-11(12)14/h2-8,12H,9H2,1H3,(H,19,21)(H,20,22). The molecule has 0 spiro atoms. The number of fused-ring (bicyclic) bond motifs is 1. The summed E-state index contributed by atoms with van der Waals surface area (Å²) < 4.78 is 0. The molecule has 0 fully saturated rings. The zero-order valence-electron chi connectivity index (χ0n) is 12.0. The van der Waals surface area contributed by atoms with Crippen LogP contribution in [0.4, 0.5) is 11.4 Å². The Kier molecular flexibility index (Phi) is 3.86. The highest BCUT2D eigenvalue weighted by Gasteiger charge is 2.30. The number of hydrogen-bond donors (Lipinski definition) is 2. The smallest absolute Gasteiger partial charge is 0.232 e.